The van der Waals surface area contributed by atoms with Gasteiger partial charge < -0.3 is 10.2 Å². The first-order valence-electron chi connectivity index (χ1n) is 7.85. The fourth-order valence-corrected chi connectivity index (χ4v) is 3.66. The third kappa shape index (κ3) is 3.11. The van der Waals surface area contributed by atoms with E-state index in [-0.39, 0.29) is 0 Å². The maximum absolute atomic E-state index is 3.59. The Hall–Kier alpha value is -1.02. The lowest BCUT2D eigenvalue weighted by atomic mass is 9.88. The van der Waals surface area contributed by atoms with Crippen LogP contribution in [0.3, 0.4) is 0 Å². The fraction of sp³-hybridized carbons (Fsp3) is 0.647. The zero-order valence-corrected chi connectivity index (χ0v) is 12.1. The zero-order chi connectivity index (χ0) is 13.1. The Morgan fingerprint density at radius 1 is 1.16 bits per heavy atom. The minimum atomic E-state index is 0.664. The smallest absolute Gasteiger partial charge is 0.0373 e. The number of likely N-dealkylation sites (N-methyl/N-ethyl adjacent to an activating group) is 1. The van der Waals surface area contributed by atoms with Crippen molar-refractivity contribution in [2.45, 2.75) is 44.6 Å². The van der Waals surface area contributed by atoms with E-state index >= 15 is 0 Å². The molecular formula is C17H26N2. The van der Waals surface area contributed by atoms with Crippen molar-refractivity contribution >= 4 is 5.69 Å². The molecule has 0 saturated heterocycles. The summed E-state index contributed by atoms with van der Waals surface area (Å²) in [7, 11) is 2.31. The van der Waals surface area contributed by atoms with Crippen LogP contribution in [0.4, 0.5) is 5.69 Å². The van der Waals surface area contributed by atoms with E-state index in [1.807, 2.05) is 0 Å². The van der Waals surface area contributed by atoms with E-state index in [9.17, 15) is 0 Å². The lowest BCUT2D eigenvalue weighted by Gasteiger charge is -2.36. The van der Waals surface area contributed by atoms with Gasteiger partial charge in [-0.2, -0.15) is 0 Å². The summed E-state index contributed by atoms with van der Waals surface area (Å²) >= 11 is 0. The molecule has 0 radical (unpaired) electrons. The Balaban J connectivity index is 1.58. The van der Waals surface area contributed by atoms with Crippen LogP contribution in [0.2, 0.25) is 0 Å². The van der Waals surface area contributed by atoms with Crippen molar-refractivity contribution in [2.24, 2.45) is 5.92 Å². The number of nitrogens with one attached hydrogen (secondary N) is 1. The highest BCUT2D eigenvalue weighted by Crippen LogP contribution is 2.27. The van der Waals surface area contributed by atoms with E-state index in [1.54, 1.807) is 0 Å². The van der Waals surface area contributed by atoms with Gasteiger partial charge in [-0.25, -0.2) is 0 Å². The van der Waals surface area contributed by atoms with Crippen LogP contribution in [0.15, 0.2) is 24.3 Å². The van der Waals surface area contributed by atoms with Gasteiger partial charge in [0.1, 0.15) is 0 Å². The molecule has 104 valence electrons. The van der Waals surface area contributed by atoms with Crippen LogP contribution in [-0.2, 0) is 6.42 Å². The quantitative estimate of drug-likeness (QED) is 0.892. The van der Waals surface area contributed by atoms with Crippen molar-refractivity contribution in [3.05, 3.63) is 29.8 Å². The molecule has 1 aliphatic heterocycles. The van der Waals surface area contributed by atoms with Gasteiger partial charge in [0, 0.05) is 24.8 Å². The molecule has 1 fully saturated rings. The van der Waals surface area contributed by atoms with Gasteiger partial charge >= 0.3 is 0 Å². The van der Waals surface area contributed by atoms with Gasteiger partial charge in [-0.05, 0) is 43.9 Å². The second-order valence-electron chi connectivity index (χ2n) is 6.34. The van der Waals surface area contributed by atoms with Gasteiger partial charge in [0.25, 0.3) is 0 Å². The molecule has 1 aromatic carbocycles. The molecular weight excluding hydrogens is 232 g/mol. The number of anilines is 1. The minimum Gasteiger partial charge on any atom is -0.383 e. The molecule has 3 rings (SSSR count). The van der Waals surface area contributed by atoms with Crippen LogP contribution in [0.1, 0.15) is 37.7 Å². The topological polar surface area (TPSA) is 15.3 Å². The van der Waals surface area contributed by atoms with Crippen molar-refractivity contribution in [2.75, 3.05) is 25.5 Å². The van der Waals surface area contributed by atoms with E-state index in [0.29, 0.717) is 6.04 Å². The Morgan fingerprint density at radius 3 is 2.79 bits per heavy atom. The predicted molar refractivity (Wildman–Crippen MR) is 81.6 cm³/mol. The molecule has 0 bridgehead atoms. The highest BCUT2D eigenvalue weighted by molar-refractivity contribution is 5.53. The van der Waals surface area contributed by atoms with Crippen molar-refractivity contribution in [3.63, 3.8) is 0 Å². The summed E-state index contributed by atoms with van der Waals surface area (Å²) in [6.07, 6.45) is 8.45. The van der Waals surface area contributed by atoms with E-state index < -0.39 is 0 Å². The van der Waals surface area contributed by atoms with Crippen LogP contribution in [0.25, 0.3) is 0 Å². The van der Waals surface area contributed by atoms with E-state index in [0.717, 1.165) is 12.5 Å². The molecule has 1 aliphatic carbocycles. The number of fused-ring (bicyclic) bond motifs is 1. The first kappa shape index (κ1) is 13.0. The largest absolute Gasteiger partial charge is 0.383 e. The summed E-state index contributed by atoms with van der Waals surface area (Å²) in [4.78, 5) is 2.60. The van der Waals surface area contributed by atoms with Gasteiger partial charge in [-0.3, -0.25) is 0 Å². The minimum absolute atomic E-state index is 0.664. The van der Waals surface area contributed by atoms with Crippen LogP contribution < -0.4 is 5.32 Å². The van der Waals surface area contributed by atoms with Gasteiger partial charge in [-0.15, -0.1) is 0 Å². The SMILES string of the molecule is CN(CC1CCCCC1)C1CNc2ccccc2C1. The van der Waals surface area contributed by atoms with Crippen molar-refractivity contribution < 1.29 is 0 Å². The normalized spacial score (nSPS) is 24.0. The van der Waals surface area contributed by atoms with Gasteiger partial charge in [0.15, 0.2) is 0 Å². The van der Waals surface area contributed by atoms with Crippen molar-refractivity contribution in [1.29, 1.82) is 0 Å². The Bertz CT molecular complexity index is 409. The van der Waals surface area contributed by atoms with Crippen LogP contribution in [-0.4, -0.2) is 31.1 Å². The number of para-hydroxylation sites is 1. The van der Waals surface area contributed by atoms with Gasteiger partial charge in [0.2, 0.25) is 0 Å². The van der Waals surface area contributed by atoms with Crippen molar-refractivity contribution in [3.8, 4) is 0 Å². The second-order valence-corrected chi connectivity index (χ2v) is 6.34. The maximum atomic E-state index is 3.59. The standard InChI is InChI=1S/C17H26N2/c1-19(13-14-7-3-2-4-8-14)16-11-15-9-5-6-10-17(15)18-12-16/h5-6,9-10,14,16,18H,2-4,7-8,11-13H2,1H3. The molecule has 0 spiro atoms. The number of rotatable bonds is 3. The number of benzene rings is 1. The van der Waals surface area contributed by atoms with E-state index in [2.05, 4.69) is 41.5 Å². The van der Waals surface area contributed by atoms with E-state index in [1.165, 1.54) is 56.3 Å². The molecule has 0 aromatic heterocycles. The number of hydrogen-bond acceptors (Lipinski definition) is 2. The van der Waals surface area contributed by atoms with Gasteiger partial charge in [0.05, 0.1) is 0 Å². The summed E-state index contributed by atoms with van der Waals surface area (Å²) < 4.78 is 0. The molecule has 19 heavy (non-hydrogen) atoms. The molecule has 1 unspecified atom stereocenters. The number of hydrogen-bond donors (Lipinski definition) is 1. The second kappa shape index (κ2) is 5.96. The summed E-state index contributed by atoms with van der Waals surface area (Å²) in [5, 5.41) is 3.59. The highest BCUT2D eigenvalue weighted by Gasteiger charge is 2.24. The summed E-state index contributed by atoms with van der Waals surface area (Å²) in [5.41, 5.74) is 2.82. The lowest BCUT2D eigenvalue weighted by molar-refractivity contribution is 0.184. The maximum Gasteiger partial charge on any atom is 0.0373 e. The molecule has 0 amide bonds. The molecule has 1 saturated carbocycles. The molecule has 1 aromatic rings. The summed E-state index contributed by atoms with van der Waals surface area (Å²) in [6.45, 7) is 2.38. The van der Waals surface area contributed by atoms with Crippen LogP contribution >= 0.6 is 0 Å². The first-order chi connectivity index (χ1) is 9.33. The van der Waals surface area contributed by atoms with Crippen LogP contribution in [0.5, 0.6) is 0 Å². The van der Waals surface area contributed by atoms with Crippen LogP contribution in [0, 0.1) is 5.92 Å². The Morgan fingerprint density at radius 2 is 1.95 bits per heavy atom. The lowest BCUT2D eigenvalue weighted by Crippen LogP contribution is -2.44. The van der Waals surface area contributed by atoms with Crippen molar-refractivity contribution in [1.82, 2.24) is 4.90 Å². The third-order valence-electron chi connectivity index (χ3n) is 4.90. The fourth-order valence-electron chi connectivity index (χ4n) is 3.66. The van der Waals surface area contributed by atoms with E-state index in [4.69, 9.17) is 0 Å². The summed E-state index contributed by atoms with van der Waals surface area (Å²) in [6, 6.07) is 9.41. The Labute approximate surface area is 117 Å². The third-order valence-corrected chi connectivity index (χ3v) is 4.90. The molecule has 1 N–H and O–H groups in total. The molecule has 2 nitrogen and oxygen atoms in total. The molecule has 2 aliphatic rings. The Kier molecular flexibility index (Phi) is 4.07. The number of nitrogens with zero attached hydrogens (tertiary/aromatic N) is 1. The molecule has 1 atom stereocenters. The molecule has 2 heteroatoms. The average molecular weight is 258 g/mol. The first-order valence-corrected chi connectivity index (χ1v) is 7.85. The molecule has 1 heterocycles. The highest BCUT2D eigenvalue weighted by atomic mass is 15.2. The van der Waals surface area contributed by atoms with Gasteiger partial charge in [-0.1, -0.05) is 37.5 Å². The zero-order valence-electron chi connectivity index (χ0n) is 12.1. The average Bonchev–Trinajstić information content (AvgIpc) is 2.48. The summed E-state index contributed by atoms with van der Waals surface area (Å²) in [5.74, 6) is 0.941. The monoisotopic (exact) mass is 258 g/mol. The predicted octanol–water partition coefficient (Wildman–Crippen LogP) is 3.54.